The first kappa shape index (κ1) is 38.3. The number of halogens is 4. The number of amides is 2. The Morgan fingerprint density at radius 3 is 2.29 bits per heavy atom. The van der Waals surface area contributed by atoms with Crippen LogP contribution < -0.4 is 21.1 Å². The molecule has 0 fully saturated rings. The Labute approximate surface area is 283 Å². The smallest absolute Gasteiger partial charge is 0.425 e. The van der Waals surface area contributed by atoms with E-state index in [9.17, 15) is 27.6 Å². The maximum Gasteiger partial charge on any atom is 0.425 e. The molecule has 0 unspecified atom stereocenters. The van der Waals surface area contributed by atoms with Crippen LogP contribution in [0.5, 0.6) is 5.75 Å². The Morgan fingerprint density at radius 1 is 1.06 bits per heavy atom. The van der Waals surface area contributed by atoms with Crippen molar-refractivity contribution < 1.29 is 37.0 Å². The van der Waals surface area contributed by atoms with Crippen LogP contribution in [-0.2, 0) is 27.8 Å². The highest BCUT2D eigenvalue weighted by molar-refractivity contribution is 6.32. The van der Waals surface area contributed by atoms with Gasteiger partial charge < -0.3 is 30.4 Å². The first-order valence-electron chi connectivity index (χ1n) is 15.7. The number of carbonyl (C=O) groups is 3. The number of aromatic nitrogens is 2. The summed E-state index contributed by atoms with van der Waals surface area (Å²) in [4.78, 5) is 42.0. The van der Waals surface area contributed by atoms with E-state index >= 15 is 0 Å². The molecular formula is C34H43ClF3N5O5. The molecule has 4 N–H and O–H groups in total. The fourth-order valence-electron chi connectivity index (χ4n) is 4.79. The van der Waals surface area contributed by atoms with Crippen LogP contribution in [-0.4, -0.2) is 58.3 Å². The summed E-state index contributed by atoms with van der Waals surface area (Å²) in [5, 5.41) is 5.68. The highest BCUT2D eigenvalue weighted by Crippen LogP contribution is 2.31. The number of aryl methyl sites for hydroxylation is 1. The van der Waals surface area contributed by atoms with Crippen LogP contribution in [0.15, 0.2) is 48.7 Å². The summed E-state index contributed by atoms with van der Waals surface area (Å²) >= 11 is 6.16. The summed E-state index contributed by atoms with van der Waals surface area (Å²) in [5.74, 6) is -0.798. The van der Waals surface area contributed by atoms with Gasteiger partial charge in [0.15, 0.2) is 6.10 Å². The van der Waals surface area contributed by atoms with E-state index in [1.54, 1.807) is 13.8 Å². The summed E-state index contributed by atoms with van der Waals surface area (Å²) in [6.45, 7) is 7.90. The van der Waals surface area contributed by atoms with Crippen LogP contribution in [0.25, 0.3) is 11.3 Å². The number of ether oxygens (including phenoxy) is 2. The number of nitrogens with one attached hydrogen (secondary N) is 2. The Hall–Kier alpha value is -4.10. The lowest BCUT2D eigenvalue weighted by molar-refractivity contribution is -0.189. The topological polar surface area (TPSA) is 138 Å². The number of benzene rings is 2. The van der Waals surface area contributed by atoms with Gasteiger partial charge in [0, 0.05) is 43.8 Å². The minimum absolute atomic E-state index is 0.00520. The molecule has 0 saturated heterocycles. The summed E-state index contributed by atoms with van der Waals surface area (Å²) in [5.41, 5.74) is 8.47. The monoisotopic (exact) mass is 693 g/mol. The maximum absolute atomic E-state index is 13.2. The zero-order chi connectivity index (χ0) is 35.8. The Balaban J connectivity index is 1.77. The fraction of sp³-hybridized carbons (Fsp3) is 0.471. The van der Waals surface area contributed by atoms with Crippen molar-refractivity contribution in [3.8, 4) is 17.0 Å². The first-order chi connectivity index (χ1) is 22.5. The molecule has 3 rings (SSSR count). The van der Waals surface area contributed by atoms with Crippen molar-refractivity contribution in [1.29, 1.82) is 0 Å². The van der Waals surface area contributed by atoms with Gasteiger partial charge in [0.05, 0.1) is 23.4 Å². The SMILES string of the molecule is CC[C@@H](NC(C)=O)c1nc(-c2ccc(C[C@@H](CCOC(=O)[C@@H](N)C(C)C)NC(=O)c3ccc(O[C@H](C)C(F)(F)F)c(Cl)c3)cc2)cn1C. The van der Waals surface area contributed by atoms with Crippen molar-refractivity contribution >= 4 is 29.4 Å². The minimum Gasteiger partial charge on any atom is -0.480 e. The normalized spacial score (nSPS) is 14.2. The summed E-state index contributed by atoms with van der Waals surface area (Å²) < 4.78 is 51.0. The van der Waals surface area contributed by atoms with Gasteiger partial charge in [-0.25, -0.2) is 4.98 Å². The second-order valence-electron chi connectivity index (χ2n) is 12.0. The van der Waals surface area contributed by atoms with Gasteiger partial charge in [0.2, 0.25) is 5.91 Å². The number of esters is 1. The molecule has 1 heterocycles. The largest absolute Gasteiger partial charge is 0.480 e. The van der Waals surface area contributed by atoms with Gasteiger partial charge in [-0.15, -0.1) is 0 Å². The molecule has 0 bridgehead atoms. The summed E-state index contributed by atoms with van der Waals surface area (Å²) in [6.07, 6.45) is -3.48. The summed E-state index contributed by atoms with van der Waals surface area (Å²) in [7, 11) is 1.87. The predicted octanol–water partition coefficient (Wildman–Crippen LogP) is 5.92. The Kier molecular flexibility index (Phi) is 13.4. The van der Waals surface area contributed by atoms with Crippen molar-refractivity contribution in [3.05, 3.63) is 70.6 Å². The van der Waals surface area contributed by atoms with Crippen molar-refractivity contribution in [2.45, 2.75) is 84.3 Å². The van der Waals surface area contributed by atoms with E-state index in [1.165, 1.54) is 25.1 Å². The second-order valence-corrected chi connectivity index (χ2v) is 12.4. The second kappa shape index (κ2) is 16.8. The van der Waals surface area contributed by atoms with Crippen LogP contribution in [0, 0.1) is 5.92 Å². The van der Waals surface area contributed by atoms with Crippen molar-refractivity contribution in [2.24, 2.45) is 18.7 Å². The molecule has 0 spiro atoms. The number of carbonyl (C=O) groups excluding carboxylic acids is 3. The Bertz CT molecular complexity index is 1560. The lowest BCUT2D eigenvalue weighted by Gasteiger charge is -2.21. The van der Waals surface area contributed by atoms with Crippen molar-refractivity contribution in [3.63, 3.8) is 0 Å². The van der Waals surface area contributed by atoms with Gasteiger partial charge in [-0.05, 0) is 49.4 Å². The predicted molar refractivity (Wildman–Crippen MR) is 176 cm³/mol. The number of rotatable bonds is 15. The molecule has 3 aromatic rings. The van der Waals surface area contributed by atoms with E-state index < -0.39 is 36.2 Å². The standard InChI is InChI=1S/C34H43ClF3N5O5/c1-7-27(40-21(5)44)31-42-28(18-43(31)6)23-10-8-22(9-11-23)16-25(14-15-47-33(46)30(39)19(2)3)41-32(45)24-12-13-29(26(35)17-24)48-20(4)34(36,37)38/h8-13,17-20,25,27,30H,7,14-16,39H2,1-6H3,(H,40,44)(H,41,45)/t20-,25-,27-,30+/m1/s1. The van der Waals surface area contributed by atoms with E-state index in [4.69, 9.17) is 31.8 Å². The molecule has 48 heavy (non-hydrogen) atoms. The zero-order valence-electron chi connectivity index (χ0n) is 27.9. The highest BCUT2D eigenvalue weighted by Gasteiger charge is 2.38. The lowest BCUT2D eigenvalue weighted by atomic mass is 10.0. The van der Waals surface area contributed by atoms with Crippen molar-refractivity contribution in [2.75, 3.05) is 6.61 Å². The van der Waals surface area contributed by atoms with Gasteiger partial charge in [-0.1, -0.05) is 56.6 Å². The van der Waals surface area contributed by atoms with E-state index in [1.807, 2.05) is 49.0 Å². The van der Waals surface area contributed by atoms with Crippen LogP contribution in [0.4, 0.5) is 13.2 Å². The van der Waals surface area contributed by atoms with Gasteiger partial charge >= 0.3 is 12.1 Å². The summed E-state index contributed by atoms with van der Waals surface area (Å²) in [6, 6.07) is 9.87. The third kappa shape index (κ3) is 10.7. The zero-order valence-corrected chi connectivity index (χ0v) is 28.6. The number of imidazole rings is 1. The average molecular weight is 694 g/mol. The van der Waals surface area contributed by atoms with Crippen LogP contribution in [0.1, 0.15) is 75.2 Å². The van der Waals surface area contributed by atoms with Gasteiger partial charge in [-0.2, -0.15) is 13.2 Å². The van der Waals surface area contributed by atoms with Crippen LogP contribution in [0.2, 0.25) is 5.02 Å². The van der Waals surface area contributed by atoms with E-state index in [0.29, 0.717) is 12.8 Å². The van der Waals surface area contributed by atoms with Gasteiger partial charge in [-0.3, -0.25) is 14.4 Å². The molecule has 14 heteroatoms. The fourth-order valence-corrected chi connectivity index (χ4v) is 5.02. The molecule has 2 aromatic carbocycles. The number of nitrogens with two attached hydrogens (primary N) is 1. The number of hydrogen-bond acceptors (Lipinski definition) is 7. The first-order valence-corrected chi connectivity index (χ1v) is 16.0. The molecule has 2 amide bonds. The van der Waals surface area contributed by atoms with Crippen LogP contribution in [0.3, 0.4) is 0 Å². The molecule has 0 saturated carbocycles. The lowest BCUT2D eigenvalue weighted by Crippen LogP contribution is -2.39. The molecular weight excluding hydrogens is 651 g/mol. The molecule has 1 aromatic heterocycles. The van der Waals surface area contributed by atoms with Crippen molar-refractivity contribution in [1.82, 2.24) is 20.2 Å². The molecule has 4 atom stereocenters. The van der Waals surface area contributed by atoms with E-state index in [0.717, 1.165) is 29.6 Å². The highest BCUT2D eigenvalue weighted by atomic mass is 35.5. The van der Waals surface area contributed by atoms with Gasteiger partial charge in [0.1, 0.15) is 17.6 Å². The minimum atomic E-state index is -4.58. The molecule has 0 aliphatic carbocycles. The van der Waals surface area contributed by atoms with E-state index in [2.05, 4.69) is 10.6 Å². The number of alkyl halides is 3. The molecule has 0 radical (unpaired) electrons. The van der Waals surface area contributed by atoms with E-state index in [-0.39, 0.29) is 47.2 Å². The molecule has 0 aliphatic rings. The third-order valence-electron chi connectivity index (χ3n) is 7.74. The molecule has 0 aliphatic heterocycles. The number of nitrogens with zero attached hydrogens (tertiary/aromatic N) is 2. The quantitative estimate of drug-likeness (QED) is 0.168. The Morgan fingerprint density at radius 2 is 1.73 bits per heavy atom. The third-order valence-corrected chi connectivity index (χ3v) is 8.03. The number of hydrogen-bond donors (Lipinski definition) is 3. The molecule has 10 nitrogen and oxygen atoms in total. The van der Waals surface area contributed by atoms with Gasteiger partial charge in [0.25, 0.3) is 5.91 Å². The average Bonchev–Trinajstić information content (AvgIpc) is 3.40. The maximum atomic E-state index is 13.2. The molecule has 262 valence electrons. The van der Waals surface area contributed by atoms with Crippen LogP contribution >= 0.6 is 11.6 Å².